The fourth-order valence-electron chi connectivity index (χ4n) is 0.555. The second-order valence-corrected chi connectivity index (χ2v) is 1.97. The summed E-state index contributed by atoms with van der Waals surface area (Å²) in [7, 11) is 0. The third kappa shape index (κ3) is 3.77. The lowest BCUT2D eigenvalue weighted by atomic mass is 10.9. The van der Waals surface area contributed by atoms with Gasteiger partial charge in [0.1, 0.15) is 12.7 Å². The Morgan fingerprint density at radius 3 is 2.33 bits per heavy atom. The largest absolute Gasteiger partial charge is 0.388 e. The first-order chi connectivity index (χ1) is 7.06. The van der Waals surface area contributed by atoms with Gasteiger partial charge in [-0.1, -0.05) is 0 Å². The molecule has 15 heavy (non-hydrogen) atoms. The molecule has 0 bridgehead atoms. The first kappa shape index (κ1) is 12.4. The van der Waals surface area contributed by atoms with Gasteiger partial charge < -0.3 is 11.5 Å². The zero-order valence-electron chi connectivity index (χ0n) is 7.62. The second-order valence-electron chi connectivity index (χ2n) is 1.97. The third-order valence-electron chi connectivity index (χ3n) is 1.03. The average molecular weight is 213 g/mol. The molecule has 0 aromatic heterocycles. The molecule has 0 radical (unpaired) electrons. The van der Waals surface area contributed by atoms with E-state index in [4.69, 9.17) is 33.7 Å². The lowest BCUT2D eigenvalue weighted by molar-refractivity contribution is 0.143. The first-order valence-electron chi connectivity index (χ1n) is 3.45. The zero-order valence-corrected chi connectivity index (χ0v) is 7.62. The van der Waals surface area contributed by atoms with Crippen LogP contribution in [0.5, 0.6) is 0 Å². The van der Waals surface area contributed by atoms with Gasteiger partial charge in [0.25, 0.3) is 5.96 Å². The maximum atomic E-state index is 6.87. The minimum absolute atomic E-state index is 0.407. The van der Waals surface area contributed by atoms with Crippen molar-refractivity contribution in [2.24, 2.45) is 32.5 Å². The van der Waals surface area contributed by atoms with E-state index in [1.807, 2.05) is 0 Å². The van der Waals surface area contributed by atoms with Crippen molar-refractivity contribution in [2.45, 2.75) is 0 Å². The molecule has 0 rings (SSSR count). The molecule has 82 valence electrons. The van der Waals surface area contributed by atoms with Crippen LogP contribution in [0.1, 0.15) is 0 Å². The zero-order chi connectivity index (χ0) is 11.8. The van der Waals surface area contributed by atoms with Gasteiger partial charge in [0.2, 0.25) is 5.96 Å². The summed E-state index contributed by atoms with van der Waals surface area (Å²) in [5, 5.41) is 21.5. The van der Waals surface area contributed by atoms with E-state index in [9.17, 15) is 0 Å². The molecule has 0 aliphatic heterocycles. The average Bonchev–Trinajstić information content (AvgIpc) is 2.21. The molecule has 0 aliphatic rings. The quantitative estimate of drug-likeness (QED) is 0.105. The molecule has 0 saturated heterocycles. The van der Waals surface area contributed by atoms with Gasteiger partial charge in [0, 0.05) is 0 Å². The van der Waals surface area contributed by atoms with Gasteiger partial charge in [0.15, 0.2) is 0 Å². The molecule has 0 spiro atoms. The summed E-state index contributed by atoms with van der Waals surface area (Å²) >= 11 is 0. The maximum Gasteiger partial charge on any atom is 0.289 e. The molecule has 0 heterocycles. The van der Waals surface area contributed by atoms with Gasteiger partial charge in [-0.05, 0) is 0 Å². The van der Waals surface area contributed by atoms with E-state index in [1.54, 1.807) is 0 Å². The summed E-state index contributed by atoms with van der Waals surface area (Å²) < 4.78 is 0. The van der Waals surface area contributed by atoms with Gasteiger partial charge in [-0.3, -0.25) is 10.8 Å². The van der Waals surface area contributed by atoms with Crippen molar-refractivity contribution in [1.29, 1.82) is 16.3 Å². The Morgan fingerprint density at radius 2 is 2.00 bits per heavy atom. The summed E-state index contributed by atoms with van der Waals surface area (Å²) in [4.78, 5) is 3.34. The van der Waals surface area contributed by atoms with Crippen LogP contribution in [0.2, 0.25) is 0 Å². The van der Waals surface area contributed by atoms with E-state index in [-0.39, 0.29) is 0 Å². The van der Waals surface area contributed by atoms with Crippen LogP contribution < -0.4 is 17.3 Å². The smallest absolute Gasteiger partial charge is 0.289 e. The number of hydrazine groups is 2. The standard InChI is InChI=1S/C4H11N11/c5-1-11-15(14(10)2-6)4(13-9)12-3(7)8/h1-2,6,9H,10H2,(H2,5,11)(H3,7,8). The Balaban J connectivity index is 5.10. The van der Waals surface area contributed by atoms with Gasteiger partial charge >= 0.3 is 0 Å². The predicted molar refractivity (Wildman–Crippen MR) is 53.8 cm³/mol. The fraction of sp³-hybridized carbons (Fsp3) is 0. The van der Waals surface area contributed by atoms with Crippen LogP contribution >= 0.6 is 0 Å². The molecule has 11 heteroatoms. The molecule has 0 amide bonds. The van der Waals surface area contributed by atoms with Crippen molar-refractivity contribution < 1.29 is 0 Å². The molecule has 0 aromatic rings. The minimum atomic E-state index is -0.586. The third-order valence-corrected chi connectivity index (χ3v) is 1.03. The summed E-state index contributed by atoms with van der Waals surface area (Å²) in [5.74, 6) is 4.27. The molecule has 0 fully saturated rings. The molecule has 0 aromatic carbocycles. The van der Waals surface area contributed by atoms with Gasteiger partial charge in [0.05, 0.1) is 0 Å². The predicted octanol–water partition coefficient (Wildman–Crippen LogP) is -1.83. The highest BCUT2D eigenvalue weighted by Crippen LogP contribution is 1.95. The first-order valence-corrected chi connectivity index (χ1v) is 3.45. The van der Waals surface area contributed by atoms with Crippen molar-refractivity contribution in [3.05, 3.63) is 0 Å². The van der Waals surface area contributed by atoms with Gasteiger partial charge in [-0.15, -0.1) is 15.3 Å². The Labute approximate surface area is 84.7 Å². The Morgan fingerprint density at radius 1 is 1.40 bits per heavy atom. The van der Waals surface area contributed by atoms with Crippen molar-refractivity contribution in [2.75, 3.05) is 0 Å². The SMILES string of the molecule is N=CN(N)N(N=CN)C(N=N)=NC(=N)N. The highest BCUT2D eigenvalue weighted by atomic mass is 15.9. The van der Waals surface area contributed by atoms with Crippen molar-refractivity contribution in [1.82, 2.24) is 10.2 Å². The van der Waals surface area contributed by atoms with Crippen LogP contribution in [-0.4, -0.2) is 34.8 Å². The summed E-state index contributed by atoms with van der Waals surface area (Å²) in [6, 6.07) is 0. The van der Waals surface area contributed by atoms with E-state index in [0.29, 0.717) is 16.6 Å². The van der Waals surface area contributed by atoms with Crippen molar-refractivity contribution in [3.63, 3.8) is 0 Å². The number of hydrazone groups is 1. The number of aliphatic imine (C=N–C) groups is 1. The molecular formula is C4H11N11. The summed E-state index contributed by atoms with van der Waals surface area (Å²) in [6.45, 7) is 0. The molecule has 0 aliphatic carbocycles. The lowest BCUT2D eigenvalue weighted by Gasteiger charge is -2.22. The number of hydrogen-bond acceptors (Lipinski definition) is 5. The fourth-order valence-corrected chi connectivity index (χ4v) is 0.555. The molecule has 9 N–H and O–H groups in total. The number of nitrogens with two attached hydrogens (primary N) is 3. The van der Waals surface area contributed by atoms with Crippen molar-refractivity contribution >= 4 is 24.6 Å². The van der Waals surface area contributed by atoms with E-state index in [2.05, 4.69) is 15.2 Å². The number of hydrogen-bond donors (Lipinski definition) is 6. The minimum Gasteiger partial charge on any atom is -0.388 e. The second kappa shape index (κ2) is 5.98. The van der Waals surface area contributed by atoms with Crippen LogP contribution in [0.3, 0.4) is 0 Å². The Hall–Kier alpha value is -2.56. The van der Waals surface area contributed by atoms with E-state index < -0.39 is 11.9 Å². The lowest BCUT2D eigenvalue weighted by Crippen LogP contribution is -2.46. The number of nitrogens with zero attached hydrogens (tertiary/aromatic N) is 5. The van der Waals surface area contributed by atoms with Crippen LogP contribution in [0.25, 0.3) is 0 Å². The number of guanidine groups is 2. The van der Waals surface area contributed by atoms with Crippen LogP contribution in [0, 0.1) is 16.3 Å². The van der Waals surface area contributed by atoms with Crippen LogP contribution in [-0.2, 0) is 0 Å². The highest BCUT2D eigenvalue weighted by Gasteiger charge is 2.13. The topological polar surface area (TPSA) is 193 Å². The van der Waals surface area contributed by atoms with Gasteiger partial charge in [-0.25, -0.2) is 11.4 Å². The van der Waals surface area contributed by atoms with E-state index in [1.165, 1.54) is 0 Å². The van der Waals surface area contributed by atoms with Crippen LogP contribution in [0.4, 0.5) is 0 Å². The monoisotopic (exact) mass is 213 g/mol. The number of rotatable bonds is 3. The molecule has 0 unspecified atom stereocenters. The van der Waals surface area contributed by atoms with Crippen molar-refractivity contribution in [3.8, 4) is 0 Å². The molecular weight excluding hydrogens is 202 g/mol. The molecule has 0 saturated carbocycles. The van der Waals surface area contributed by atoms with Crippen LogP contribution in [0.15, 0.2) is 15.2 Å². The summed E-state index contributed by atoms with van der Waals surface area (Å²) in [6.07, 6.45) is 1.53. The van der Waals surface area contributed by atoms with E-state index >= 15 is 0 Å². The normalized spacial score (nSPS) is 11.1. The molecule has 0 atom stereocenters. The Kier molecular flexibility index (Phi) is 4.96. The number of nitrogens with one attached hydrogen (secondary N) is 3. The summed E-state index contributed by atoms with van der Waals surface area (Å²) in [5.41, 5.74) is 16.7. The highest BCUT2D eigenvalue weighted by molar-refractivity contribution is 5.93. The van der Waals surface area contributed by atoms with Gasteiger partial charge in [-0.2, -0.15) is 10.1 Å². The van der Waals surface area contributed by atoms with E-state index in [0.717, 1.165) is 6.34 Å². The maximum absolute atomic E-state index is 6.87. The molecule has 11 nitrogen and oxygen atoms in total. The Bertz CT molecular complexity index is 302.